The Balaban J connectivity index is 2.03. The van der Waals surface area contributed by atoms with E-state index in [0.29, 0.717) is 13.1 Å². The molecule has 1 heterocycles. The maximum absolute atomic E-state index is 11.7. The molecule has 0 bridgehead atoms. The maximum atomic E-state index is 11.7. The number of benzene rings is 1. The fraction of sp³-hybridized carbons (Fsp3) is 0.476. The average molecular weight is 373 g/mol. The number of aromatic nitrogens is 1. The molecule has 2 rings (SSSR count). The molecule has 3 N–H and O–H groups in total. The Labute approximate surface area is 162 Å². The van der Waals surface area contributed by atoms with Crippen LogP contribution in [0, 0.1) is 0 Å². The molecule has 1 atom stereocenters. The number of hydrogen-bond acceptors (Lipinski definition) is 3. The van der Waals surface area contributed by atoms with E-state index in [0.717, 1.165) is 30.0 Å². The van der Waals surface area contributed by atoms with E-state index in [1.165, 1.54) is 0 Å². The van der Waals surface area contributed by atoms with Crippen LogP contribution in [0.15, 0.2) is 42.6 Å². The molecule has 0 radical (unpaired) electrons. The van der Waals surface area contributed by atoms with Crippen molar-refractivity contribution in [2.45, 2.75) is 46.4 Å². The average Bonchev–Trinajstić information content (AvgIpc) is 3.14. The van der Waals surface area contributed by atoms with Gasteiger partial charge in [0.2, 0.25) is 0 Å². The molecule has 1 aromatic carbocycles. The molecule has 0 aliphatic rings. The maximum Gasteiger partial charge on any atom is 0.315 e. The Morgan fingerprint density at radius 1 is 1.15 bits per heavy atom. The number of carbonyl (C=O) groups is 1. The third-order valence-electron chi connectivity index (χ3n) is 4.53. The largest absolute Gasteiger partial charge is 0.386 e. The van der Waals surface area contributed by atoms with Crippen molar-refractivity contribution in [1.82, 2.24) is 20.1 Å². The fourth-order valence-corrected chi connectivity index (χ4v) is 2.99. The lowest BCUT2D eigenvalue weighted by atomic mass is 10.2. The topological polar surface area (TPSA) is 69.5 Å². The molecule has 6 heteroatoms. The van der Waals surface area contributed by atoms with Gasteiger partial charge in [-0.05, 0) is 56.8 Å². The van der Waals surface area contributed by atoms with Crippen molar-refractivity contribution in [2.75, 3.05) is 19.6 Å². The first-order valence-electron chi connectivity index (χ1n) is 9.65. The van der Waals surface area contributed by atoms with Crippen LogP contribution < -0.4 is 10.6 Å². The first kappa shape index (κ1) is 21.0. The first-order chi connectivity index (χ1) is 12.9. The minimum Gasteiger partial charge on any atom is -0.386 e. The molecule has 0 saturated carbocycles. The molecule has 0 fully saturated rings. The van der Waals surface area contributed by atoms with Crippen LogP contribution in [0.3, 0.4) is 0 Å². The molecule has 1 aromatic heterocycles. The van der Waals surface area contributed by atoms with Crippen LogP contribution in [0.25, 0.3) is 5.69 Å². The van der Waals surface area contributed by atoms with E-state index in [2.05, 4.69) is 29.4 Å². The number of hydrogen-bond donors (Lipinski definition) is 3. The predicted molar refractivity (Wildman–Crippen MR) is 109 cm³/mol. The van der Waals surface area contributed by atoms with Crippen LogP contribution in [0.4, 0.5) is 4.79 Å². The number of nitrogens with one attached hydrogen (secondary N) is 2. The number of amides is 2. The molecule has 0 saturated heterocycles. The standard InChI is InChI=1S/C21H32N4O2/c1-5-24(6-2)15-20(26)19-8-7-13-25(19)18-11-9-17(10-12-18)14-22-21(27)23-16(3)4/h7-13,16,20,26H,5-6,14-15H2,1-4H3,(H2,22,23,27)/t20-/m0/s1. The molecule has 0 spiro atoms. The summed E-state index contributed by atoms with van der Waals surface area (Å²) in [6, 6.07) is 11.9. The summed E-state index contributed by atoms with van der Waals surface area (Å²) in [5, 5.41) is 16.3. The van der Waals surface area contributed by atoms with Gasteiger partial charge in [0.05, 0.1) is 5.69 Å². The minimum atomic E-state index is -0.541. The molecule has 0 aliphatic heterocycles. The second-order valence-corrected chi connectivity index (χ2v) is 6.95. The van der Waals surface area contributed by atoms with E-state index in [1.807, 2.05) is 61.0 Å². The Morgan fingerprint density at radius 3 is 2.41 bits per heavy atom. The third kappa shape index (κ3) is 6.12. The Hall–Kier alpha value is -2.31. The van der Waals surface area contributed by atoms with Crippen LogP contribution in [0.2, 0.25) is 0 Å². The number of nitrogens with zero attached hydrogens (tertiary/aromatic N) is 2. The summed E-state index contributed by atoms with van der Waals surface area (Å²) < 4.78 is 2.01. The van der Waals surface area contributed by atoms with E-state index in [4.69, 9.17) is 0 Å². The highest BCUT2D eigenvalue weighted by Crippen LogP contribution is 2.20. The van der Waals surface area contributed by atoms with Gasteiger partial charge in [0.25, 0.3) is 0 Å². The Morgan fingerprint density at radius 2 is 1.81 bits per heavy atom. The Kier molecular flexibility index (Phi) is 7.88. The predicted octanol–water partition coefficient (Wildman–Crippen LogP) is 3.06. The molecule has 148 valence electrons. The number of likely N-dealkylation sites (N-methyl/N-ethyl adjacent to an activating group) is 1. The lowest BCUT2D eigenvalue weighted by Gasteiger charge is -2.23. The number of urea groups is 1. The van der Waals surface area contributed by atoms with Gasteiger partial charge in [-0.25, -0.2) is 4.79 Å². The fourth-order valence-electron chi connectivity index (χ4n) is 2.99. The van der Waals surface area contributed by atoms with E-state index in [-0.39, 0.29) is 12.1 Å². The van der Waals surface area contributed by atoms with Crippen LogP contribution >= 0.6 is 0 Å². The van der Waals surface area contributed by atoms with Gasteiger partial charge in [-0.15, -0.1) is 0 Å². The number of carbonyl (C=O) groups excluding carboxylic acids is 1. The van der Waals surface area contributed by atoms with Gasteiger partial charge in [-0.1, -0.05) is 26.0 Å². The van der Waals surface area contributed by atoms with Crippen LogP contribution in [-0.4, -0.2) is 46.3 Å². The van der Waals surface area contributed by atoms with Crippen molar-refractivity contribution in [2.24, 2.45) is 0 Å². The highest BCUT2D eigenvalue weighted by atomic mass is 16.3. The lowest BCUT2D eigenvalue weighted by Crippen LogP contribution is -2.39. The molecule has 2 aromatic rings. The van der Waals surface area contributed by atoms with Gasteiger partial charge < -0.3 is 25.2 Å². The SMILES string of the molecule is CCN(CC)C[C@H](O)c1cccn1-c1ccc(CNC(=O)NC(C)C)cc1. The summed E-state index contributed by atoms with van der Waals surface area (Å²) in [5.41, 5.74) is 2.89. The number of rotatable bonds is 9. The second-order valence-electron chi connectivity index (χ2n) is 6.95. The molecular formula is C21H32N4O2. The quantitative estimate of drug-likeness (QED) is 0.634. The molecule has 2 amide bonds. The molecule has 6 nitrogen and oxygen atoms in total. The molecule has 0 aliphatic carbocycles. The summed E-state index contributed by atoms with van der Waals surface area (Å²) >= 11 is 0. The Bertz CT molecular complexity index is 705. The van der Waals surface area contributed by atoms with Crippen LogP contribution in [0.1, 0.15) is 45.1 Å². The van der Waals surface area contributed by atoms with Gasteiger partial charge in [-0.2, -0.15) is 0 Å². The van der Waals surface area contributed by atoms with Crippen molar-refractivity contribution in [3.8, 4) is 5.69 Å². The van der Waals surface area contributed by atoms with Gasteiger partial charge in [0.1, 0.15) is 6.10 Å². The highest BCUT2D eigenvalue weighted by molar-refractivity contribution is 5.74. The number of aliphatic hydroxyl groups is 1. The first-order valence-corrected chi connectivity index (χ1v) is 9.65. The van der Waals surface area contributed by atoms with Crippen LogP contribution in [0.5, 0.6) is 0 Å². The summed E-state index contributed by atoms with van der Waals surface area (Å²) in [4.78, 5) is 13.9. The zero-order valence-corrected chi connectivity index (χ0v) is 16.8. The number of aliphatic hydroxyl groups excluding tert-OH is 1. The van der Waals surface area contributed by atoms with Gasteiger partial charge in [0, 0.05) is 31.0 Å². The molecule has 27 heavy (non-hydrogen) atoms. The van der Waals surface area contributed by atoms with Crippen molar-refractivity contribution in [3.05, 3.63) is 53.9 Å². The van der Waals surface area contributed by atoms with Crippen molar-refractivity contribution in [3.63, 3.8) is 0 Å². The van der Waals surface area contributed by atoms with Crippen molar-refractivity contribution < 1.29 is 9.90 Å². The molecular weight excluding hydrogens is 340 g/mol. The summed E-state index contributed by atoms with van der Waals surface area (Å²) in [5.74, 6) is 0. The smallest absolute Gasteiger partial charge is 0.315 e. The van der Waals surface area contributed by atoms with Crippen molar-refractivity contribution >= 4 is 6.03 Å². The van der Waals surface area contributed by atoms with E-state index in [1.54, 1.807) is 0 Å². The zero-order chi connectivity index (χ0) is 19.8. The monoisotopic (exact) mass is 372 g/mol. The van der Waals surface area contributed by atoms with Gasteiger partial charge in [0.15, 0.2) is 0 Å². The lowest BCUT2D eigenvalue weighted by molar-refractivity contribution is 0.114. The second kappa shape index (κ2) is 10.1. The van der Waals surface area contributed by atoms with Gasteiger partial charge in [-0.3, -0.25) is 0 Å². The summed E-state index contributed by atoms with van der Waals surface area (Å²) in [6.07, 6.45) is 1.42. The van der Waals surface area contributed by atoms with Crippen LogP contribution in [-0.2, 0) is 6.54 Å². The van der Waals surface area contributed by atoms with Gasteiger partial charge >= 0.3 is 6.03 Å². The highest BCUT2D eigenvalue weighted by Gasteiger charge is 2.15. The third-order valence-corrected chi connectivity index (χ3v) is 4.53. The zero-order valence-electron chi connectivity index (χ0n) is 16.8. The summed E-state index contributed by atoms with van der Waals surface area (Å²) in [6.45, 7) is 11.0. The van der Waals surface area contributed by atoms with E-state index < -0.39 is 6.10 Å². The van der Waals surface area contributed by atoms with E-state index in [9.17, 15) is 9.90 Å². The normalized spacial score (nSPS) is 12.4. The minimum absolute atomic E-state index is 0.113. The molecule has 0 unspecified atom stereocenters. The van der Waals surface area contributed by atoms with Crippen molar-refractivity contribution in [1.29, 1.82) is 0 Å². The summed E-state index contributed by atoms with van der Waals surface area (Å²) in [7, 11) is 0. The van der Waals surface area contributed by atoms with E-state index >= 15 is 0 Å².